The summed E-state index contributed by atoms with van der Waals surface area (Å²) in [5.74, 6) is 1.19. The van der Waals surface area contributed by atoms with E-state index < -0.39 is 6.10 Å². The van der Waals surface area contributed by atoms with Gasteiger partial charge in [0.05, 0.1) is 6.10 Å². The van der Waals surface area contributed by atoms with Crippen LogP contribution in [-0.2, 0) is 0 Å². The van der Waals surface area contributed by atoms with Crippen LogP contribution < -0.4 is 0 Å². The van der Waals surface area contributed by atoms with Crippen LogP contribution in [-0.4, -0.2) is 5.11 Å². The molecule has 0 aromatic heterocycles. The van der Waals surface area contributed by atoms with Gasteiger partial charge in [-0.2, -0.15) is 0 Å². The fourth-order valence-corrected chi connectivity index (χ4v) is 2.99. The van der Waals surface area contributed by atoms with Crippen LogP contribution >= 0.6 is 11.6 Å². The Balaban J connectivity index is 2.14. The maximum atomic E-state index is 10.5. The van der Waals surface area contributed by atoms with Gasteiger partial charge in [0.2, 0.25) is 0 Å². The molecule has 17 heavy (non-hydrogen) atoms. The van der Waals surface area contributed by atoms with E-state index in [2.05, 4.69) is 6.92 Å². The molecule has 1 aliphatic rings. The van der Waals surface area contributed by atoms with Crippen molar-refractivity contribution in [1.29, 1.82) is 0 Å². The van der Waals surface area contributed by atoms with Crippen LogP contribution in [0.4, 0.5) is 0 Å². The van der Waals surface area contributed by atoms with Crippen LogP contribution in [0.5, 0.6) is 0 Å². The van der Waals surface area contributed by atoms with Gasteiger partial charge in [-0.25, -0.2) is 0 Å². The molecule has 1 saturated carbocycles. The average molecular weight is 253 g/mol. The molecule has 94 valence electrons. The summed E-state index contributed by atoms with van der Waals surface area (Å²) in [4.78, 5) is 0. The summed E-state index contributed by atoms with van der Waals surface area (Å²) in [7, 11) is 0. The fraction of sp³-hybridized carbons (Fsp3) is 0.600. The van der Waals surface area contributed by atoms with Gasteiger partial charge in [0.25, 0.3) is 0 Å². The monoisotopic (exact) mass is 252 g/mol. The maximum absolute atomic E-state index is 10.5. The Kier molecular flexibility index (Phi) is 4.11. The Bertz CT molecular complexity index is 381. The van der Waals surface area contributed by atoms with E-state index in [0.717, 1.165) is 34.9 Å². The predicted octanol–water partition coefficient (Wildman–Crippen LogP) is 4.51. The normalized spacial score (nSPS) is 26.8. The number of hydrogen-bond donors (Lipinski definition) is 1. The van der Waals surface area contributed by atoms with Crippen LogP contribution in [0, 0.1) is 18.8 Å². The van der Waals surface area contributed by atoms with E-state index in [-0.39, 0.29) is 0 Å². The first-order valence-corrected chi connectivity index (χ1v) is 6.90. The zero-order valence-electron chi connectivity index (χ0n) is 10.6. The number of aryl methyl sites for hydroxylation is 1. The molecular formula is C15H21ClO. The minimum absolute atomic E-state index is 0.380. The molecule has 0 radical (unpaired) electrons. The molecule has 1 aromatic carbocycles. The highest BCUT2D eigenvalue weighted by atomic mass is 35.5. The number of halogens is 1. The fourth-order valence-electron chi connectivity index (χ4n) is 2.75. The number of aliphatic hydroxyl groups is 1. The Morgan fingerprint density at radius 1 is 1.24 bits per heavy atom. The van der Waals surface area contributed by atoms with Crippen molar-refractivity contribution in [3.05, 3.63) is 34.3 Å². The molecule has 0 saturated heterocycles. The van der Waals surface area contributed by atoms with Crippen LogP contribution in [0.3, 0.4) is 0 Å². The summed E-state index contributed by atoms with van der Waals surface area (Å²) in [6.45, 7) is 4.28. The molecule has 1 aromatic rings. The molecule has 1 unspecified atom stereocenters. The van der Waals surface area contributed by atoms with Gasteiger partial charge in [-0.1, -0.05) is 49.6 Å². The molecule has 1 fully saturated rings. The summed E-state index contributed by atoms with van der Waals surface area (Å²) >= 11 is 6.28. The van der Waals surface area contributed by atoms with E-state index in [1.807, 2.05) is 25.1 Å². The second kappa shape index (κ2) is 5.41. The summed E-state index contributed by atoms with van der Waals surface area (Å²) in [6, 6.07) is 5.92. The molecule has 1 aliphatic carbocycles. The Morgan fingerprint density at radius 3 is 2.53 bits per heavy atom. The largest absolute Gasteiger partial charge is 0.388 e. The van der Waals surface area contributed by atoms with Gasteiger partial charge < -0.3 is 5.11 Å². The summed E-state index contributed by atoms with van der Waals surface area (Å²) in [5.41, 5.74) is 1.96. The van der Waals surface area contributed by atoms with Crippen molar-refractivity contribution in [2.75, 3.05) is 0 Å². The smallest absolute Gasteiger partial charge is 0.0832 e. The molecular weight excluding hydrogens is 232 g/mol. The van der Waals surface area contributed by atoms with Crippen LogP contribution in [0.15, 0.2) is 18.2 Å². The lowest BCUT2D eigenvalue weighted by Gasteiger charge is -2.30. The third kappa shape index (κ3) is 2.83. The first kappa shape index (κ1) is 12.9. The molecule has 0 heterocycles. The first-order valence-electron chi connectivity index (χ1n) is 6.52. The van der Waals surface area contributed by atoms with Gasteiger partial charge in [-0.15, -0.1) is 0 Å². The standard InChI is InChI=1S/C15H21ClO/c1-10-6-8-12(9-7-10)15(17)13-5-3-4-11(2)14(13)16/h3-5,10,12,15,17H,6-9H2,1-2H3. The predicted molar refractivity (Wildman–Crippen MR) is 72.3 cm³/mol. The van der Waals surface area contributed by atoms with Gasteiger partial charge in [-0.3, -0.25) is 0 Å². The summed E-state index contributed by atoms with van der Waals surface area (Å²) in [6.07, 6.45) is 4.30. The summed E-state index contributed by atoms with van der Waals surface area (Å²) in [5, 5.41) is 11.2. The molecule has 0 amide bonds. The minimum Gasteiger partial charge on any atom is -0.388 e. The van der Waals surface area contributed by atoms with Gasteiger partial charge >= 0.3 is 0 Å². The van der Waals surface area contributed by atoms with Crippen molar-refractivity contribution >= 4 is 11.6 Å². The van der Waals surface area contributed by atoms with E-state index in [9.17, 15) is 5.11 Å². The number of aliphatic hydroxyl groups excluding tert-OH is 1. The van der Waals surface area contributed by atoms with E-state index in [1.54, 1.807) is 0 Å². The van der Waals surface area contributed by atoms with Crippen LogP contribution in [0.1, 0.15) is 49.8 Å². The van der Waals surface area contributed by atoms with Crippen molar-refractivity contribution in [3.8, 4) is 0 Å². The highest BCUT2D eigenvalue weighted by Gasteiger charge is 2.27. The lowest BCUT2D eigenvalue weighted by atomic mass is 9.78. The van der Waals surface area contributed by atoms with Crippen LogP contribution in [0.2, 0.25) is 5.02 Å². The van der Waals surface area contributed by atoms with Gasteiger partial charge in [0.15, 0.2) is 0 Å². The SMILES string of the molecule is Cc1cccc(C(O)C2CCC(C)CC2)c1Cl. The third-order valence-corrected chi connectivity index (χ3v) is 4.56. The lowest BCUT2D eigenvalue weighted by molar-refractivity contribution is 0.0756. The minimum atomic E-state index is -0.394. The topological polar surface area (TPSA) is 20.2 Å². The number of hydrogen-bond acceptors (Lipinski definition) is 1. The van der Waals surface area contributed by atoms with E-state index in [4.69, 9.17) is 11.6 Å². The molecule has 1 N–H and O–H groups in total. The zero-order chi connectivity index (χ0) is 12.4. The highest BCUT2D eigenvalue weighted by Crippen LogP contribution is 2.39. The van der Waals surface area contributed by atoms with Gasteiger partial charge in [-0.05, 0) is 42.7 Å². The number of benzene rings is 1. The van der Waals surface area contributed by atoms with Gasteiger partial charge in [0.1, 0.15) is 0 Å². The van der Waals surface area contributed by atoms with Crippen molar-refractivity contribution in [2.24, 2.45) is 11.8 Å². The van der Waals surface area contributed by atoms with Crippen molar-refractivity contribution in [3.63, 3.8) is 0 Å². The lowest BCUT2D eigenvalue weighted by Crippen LogP contribution is -2.19. The molecule has 1 atom stereocenters. The molecule has 2 rings (SSSR count). The van der Waals surface area contributed by atoms with E-state index >= 15 is 0 Å². The molecule has 2 heteroatoms. The molecule has 1 nitrogen and oxygen atoms in total. The van der Waals surface area contributed by atoms with Crippen molar-refractivity contribution < 1.29 is 5.11 Å². The Hall–Kier alpha value is -0.530. The average Bonchev–Trinajstić information content (AvgIpc) is 2.33. The van der Waals surface area contributed by atoms with E-state index in [0.29, 0.717) is 5.92 Å². The quantitative estimate of drug-likeness (QED) is 0.821. The second-order valence-corrected chi connectivity index (χ2v) is 5.82. The Morgan fingerprint density at radius 2 is 1.88 bits per heavy atom. The van der Waals surface area contributed by atoms with Crippen molar-refractivity contribution in [2.45, 2.75) is 45.6 Å². The van der Waals surface area contributed by atoms with Crippen LogP contribution in [0.25, 0.3) is 0 Å². The maximum Gasteiger partial charge on any atom is 0.0832 e. The van der Waals surface area contributed by atoms with Crippen molar-refractivity contribution in [1.82, 2.24) is 0 Å². The van der Waals surface area contributed by atoms with E-state index in [1.165, 1.54) is 12.8 Å². The first-order chi connectivity index (χ1) is 8.09. The number of rotatable bonds is 2. The van der Waals surface area contributed by atoms with Gasteiger partial charge in [0, 0.05) is 5.02 Å². The highest BCUT2D eigenvalue weighted by molar-refractivity contribution is 6.32. The molecule has 0 bridgehead atoms. The summed E-state index contributed by atoms with van der Waals surface area (Å²) < 4.78 is 0. The molecule has 0 spiro atoms. The zero-order valence-corrected chi connectivity index (χ0v) is 11.4. The molecule has 0 aliphatic heterocycles. The Labute approximate surface area is 109 Å². The second-order valence-electron chi connectivity index (χ2n) is 5.44. The third-order valence-electron chi connectivity index (χ3n) is 4.05.